The first-order valence-corrected chi connectivity index (χ1v) is 6.20. The SMILES string of the molecule is CNCC1CCN(c2ccc(C)cc2)C1C. The van der Waals surface area contributed by atoms with Crippen molar-refractivity contribution in [1.29, 1.82) is 0 Å². The fourth-order valence-corrected chi connectivity index (χ4v) is 2.64. The lowest BCUT2D eigenvalue weighted by molar-refractivity contribution is 0.474. The zero-order chi connectivity index (χ0) is 11.5. The molecule has 0 radical (unpaired) electrons. The average molecular weight is 218 g/mol. The lowest BCUT2D eigenvalue weighted by Gasteiger charge is -2.26. The minimum absolute atomic E-state index is 0.648. The molecule has 88 valence electrons. The molecule has 2 nitrogen and oxygen atoms in total. The van der Waals surface area contributed by atoms with Crippen molar-refractivity contribution in [3.05, 3.63) is 29.8 Å². The molecule has 0 saturated carbocycles. The van der Waals surface area contributed by atoms with E-state index in [-0.39, 0.29) is 0 Å². The van der Waals surface area contributed by atoms with Gasteiger partial charge in [-0.2, -0.15) is 0 Å². The molecule has 0 aromatic heterocycles. The molecule has 1 fully saturated rings. The lowest BCUT2D eigenvalue weighted by atomic mass is 10.0. The second-order valence-electron chi connectivity index (χ2n) is 4.88. The predicted octanol–water partition coefficient (Wildman–Crippen LogP) is 2.43. The summed E-state index contributed by atoms with van der Waals surface area (Å²) in [5, 5.41) is 3.29. The van der Waals surface area contributed by atoms with Crippen LogP contribution in [0.15, 0.2) is 24.3 Å². The van der Waals surface area contributed by atoms with Crippen molar-refractivity contribution in [2.75, 3.05) is 25.0 Å². The molecule has 2 atom stereocenters. The molecule has 0 bridgehead atoms. The van der Waals surface area contributed by atoms with Crippen LogP contribution >= 0.6 is 0 Å². The van der Waals surface area contributed by atoms with Gasteiger partial charge in [-0.1, -0.05) is 17.7 Å². The number of hydrogen-bond acceptors (Lipinski definition) is 2. The van der Waals surface area contributed by atoms with Gasteiger partial charge in [-0.25, -0.2) is 0 Å². The van der Waals surface area contributed by atoms with Crippen molar-refractivity contribution in [2.24, 2.45) is 5.92 Å². The predicted molar refractivity (Wildman–Crippen MR) is 70.0 cm³/mol. The average Bonchev–Trinajstić information content (AvgIpc) is 2.63. The summed E-state index contributed by atoms with van der Waals surface area (Å²) in [6.45, 7) is 6.80. The van der Waals surface area contributed by atoms with Crippen LogP contribution < -0.4 is 10.2 Å². The minimum atomic E-state index is 0.648. The number of nitrogens with one attached hydrogen (secondary N) is 1. The van der Waals surface area contributed by atoms with E-state index in [9.17, 15) is 0 Å². The standard InChI is InChI=1S/C14H22N2/c1-11-4-6-14(7-5-11)16-9-8-13(10-15-3)12(16)2/h4-7,12-13,15H,8-10H2,1-3H3. The van der Waals surface area contributed by atoms with Gasteiger partial charge in [0.1, 0.15) is 0 Å². The highest BCUT2D eigenvalue weighted by Gasteiger charge is 2.29. The Hall–Kier alpha value is -1.02. The summed E-state index contributed by atoms with van der Waals surface area (Å²) in [6.07, 6.45) is 1.30. The molecule has 2 heteroatoms. The zero-order valence-electron chi connectivity index (χ0n) is 10.5. The molecule has 0 spiro atoms. The molecule has 0 aliphatic carbocycles. The summed E-state index contributed by atoms with van der Waals surface area (Å²) in [4.78, 5) is 2.53. The topological polar surface area (TPSA) is 15.3 Å². The van der Waals surface area contributed by atoms with Crippen molar-refractivity contribution in [3.8, 4) is 0 Å². The van der Waals surface area contributed by atoms with Crippen molar-refractivity contribution in [2.45, 2.75) is 26.3 Å². The van der Waals surface area contributed by atoms with Crippen LogP contribution in [0.1, 0.15) is 18.9 Å². The third-order valence-electron chi connectivity index (χ3n) is 3.75. The fraction of sp³-hybridized carbons (Fsp3) is 0.571. The van der Waals surface area contributed by atoms with Crippen LogP contribution in [0.2, 0.25) is 0 Å². The molecule has 16 heavy (non-hydrogen) atoms. The van der Waals surface area contributed by atoms with Gasteiger partial charge in [-0.15, -0.1) is 0 Å². The van der Waals surface area contributed by atoms with E-state index in [0.29, 0.717) is 6.04 Å². The van der Waals surface area contributed by atoms with Gasteiger partial charge in [0.25, 0.3) is 0 Å². The smallest absolute Gasteiger partial charge is 0.0368 e. The normalized spacial score (nSPS) is 25.1. The van der Waals surface area contributed by atoms with E-state index in [1.165, 1.54) is 24.2 Å². The Bertz CT molecular complexity index is 331. The Morgan fingerprint density at radius 1 is 1.31 bits per heavy atom. The largest absolute Gasteiger partial charge is 0.368 e. The second-order valence-corrected chi connectivity index (χ2v) is 4.88. The molecular formula is C14H22N2. The van der Waals surface area contributed by atoms with E-state index in [1.807, 2.05) is 7.05 Å². The molecule has 2 unspecified atom stereocenters. The second kappa shape index (κ2) is 4.88. The Morgan fingerprint density at radius 2 is 2.00 bits per heavy atom. The first-order valence-electron chi connectivity index (χ1n) is 6.20. The highest BCUT2D eigenvalue weighted by molar-refractivity contribution is 5.49. The van der Waals surface area contributed by atoms with Crippen LogP contribution in [0.4, 0.5) is 5.69 Å². The van der Waals surface area contributed by atoms with Crippen LogP contribution in [-0.4, -0.2) is 26.2 Å². The highest BCUT2D eigenvalue weighted by atomic mass is 15.2. The van der Waals surface area contributed by atoms with Crippen molar-refractivity contribution in [1.82, 2.24) is 5.32 Å². The summed E-state index contributed by atoms with van der Waals surface area (Å²) in [6, 6.07) is 9.54. The van der Waals surface area contributed by atoms with Crippen molar-refractivity contribution >= 4 is 5.69 Å². The van der Waals surface area contributed by atoms with Gasteiger partial charge in [0, 0.05) is 18.3 Å². The molecule has 1 heterocycles. The van der Waals surface area contributed by atoms with Gasteiger partial charge < -0.3 is 10.2 Å². The van der Waals surface area contributed by atoms with Gasteiger partial charge >= 0.3 is 0 Å². The first-order chi connectivity index (χ1) is 7.72. The number of nitrogens with zero attached hydrogens (tertiary/aromatic N) is 1. The highest BCUT2D eigenvalue weighted by Crippen LogP contribution is 2.29. The van der Waals surface area contributed by atoms with Crippen LogP contribution in [0, 0.1) is 12.8 Å². The number of anilines is 1. The third kappa shape index (κ3) is 2.22. The van der Waals surface area contributed by atoms with Gasteiger partial charge in [-0.05, 0) is 51.9 Å². The van der Waals surface area contributed by atoms with Gasteiger partial charge in [0.2, 0.25) is 0 Å². The Labute approximate surface area is 98.7 Å². The Kier molecular flexibility index (Phi) is 3.49. The molecule has 1 N–H and O–H groups in total. The molecule has 1 saturated heterocycles. The fourth-order valence-electron chi connectivity index (χ4n) is 2.64. The molecule has 1 aromatic carbocycles. The van der Waals surface area contributed by atoms with Crippen LogP contribution in [0.5, 0.6) is 0 Å². The minimum Gasteiger partial charge on any atom is -0.368 e. The maximum Gasteiger partial charge on any atom is 0.0368 e. The molecule has 0 amide bonds. The van der Waals surface area contributed by atoms with E-state index < -0.39 is 0 Å². The quantitative estimate of drug-likeness (QED) is 0.838. The van der Waals surface area contributed by atoms with Crippen LogP contribution in [0.3, 0.4) is 0 Å². The summed E-state index contributed by atoms with van der Waals surface area (Å²) in [7, 11) is 2.04. The third-order valence-corrected chi connectivity index (χ3v) is 3.75. The zero-order valence-corrected chi connectivity index (χ0v) is 10.5. The maximum atomic E-state index is 3.29. The summed E-state index contributed by atoms with van der Waals surface area (Å²) >= 11 is 0. The summed E-state index contributed by atoms with van der Waals surface area (Å²) < 4.78 is 0. The molecule has 1 aliphatic rings. The van der Waals surface area contributed by atoms with Crippen molar-refractivity contribution in [3.63, 3.8) is 0 Å². The molecule has 1 aromatic rings. The number of rotatable bonds is 3. The molecule has 1 aliphatic heterocycles. The summed E-state index contributed by atoms with van der Waals surface area (Å²) in [5.41, 5.74) is 2.71. The van der Waals surface area contributed by atoms with Crippen molar-refractivity contribution < 1.29 is 0 Å². The van der Waals surface area contributed by atoms with E-state index in [1.54, 1.807) is 0 Å². The number of aryl methyl sites for hydroxylation is 1. The molecular weight excluding hydrogens is 196 g/mol. The van der Waals surface area contributed by atoms with Gasteiger partial charge in [0.15, 0.2) is 0 Å². The maximum absolute atomic E-state index is 3.29. The lowest BCUT2D eigenvalue weighted by Crippen LogP contribution is -2.33. The number of benzene rings is 1. The van der Waals surface area contributed by atoms with E-state index >= 15 is 0 Å². The number of hydrogen-bond donors (Lipinski definition) is 1. The van der Waals surface area contributed by atoms with Gasteiger partial charge in [0.05, 0.1) is 0 Å². The Balaban J connectivity index is 2.08. The Morgan fingerprint density at radius 3 is 2.62 bits per heavy atom. The monoisotopic (exact) mass is 218 g/mol. The van der Waals surface area contributed by atoms with E-state index in [0.717, 1.165) is 12.5 Å². The van der Waals surface area contributed by atoms with E-state index in [2.05, 4.69) is 48.3 Å². The van der Waals surface area contributed by atoms with E-state index in [4.69, 9.17) is 0 Å². The first kappa shape index (κ1) is 11.5. The summed E-state index contributed by atoms with van der Waals surface area (Å²) in [5.74, 6) is 0.784. The van der Waals surface area contributed by atoms with Gasteiger partial charge in [-0.3, -0.25) is 0 Å². The molecule has 2 rings (SSSR count). The van der Waals surface area contributed by atoms with Crippen LogP contribution in [0.25, 0.3) is 0 Å². The van der Waals surface area contributed by atoms with Crippen LogP contribution in [-0.2, 0) is 0 Å².